The molecule has 1 heterocycles. The summed E-state index contributed by atoms with van der Waals surface area (Å²) < 4.78 is 29.2. The van der Waals surface area contributed by atoms with E-state index in [1.165, 1.54) is 10.4 Å². The fraction of sp³-hybridized carbons (Fsp3) is 0.520. The van der Waals surface area contributed by atoms with E-state index in [9.17, 15) is 4.21 Å². The average Bonchev–Trinajstić information content (AvgIpc) is 3.05. The largest absolute Gasteiger partial charge is 0.400 e. The molecule has 1 aliphatic heterocycles. The second-order valence-corrected chi connectivity index (χ2v) is 16.9. The molecule has 31 heavy (non-hydrogen) atoms. The molecule has 0 aliphatic carbocycles. The highest BCUT2D eigenvalue weighted by Crippen LogP contribution is 2.39. The SMILES string of the molecule is CC1(NS(=O)C(C)(C)C)COCC1O[Si](c1ccccc1)(c1ccccc1)C(C)(C)C. The Morgan fingerprint density at radius 1 is 0.968 bits per heavy atom. The van der Waals surface area contributed by atoms with Crippen molar-refractivity contribution in [3.05, 3.63) is 60.7 Å². The topological polar surface area (TPSA) is 47.6 Å². The highest BCUT2D eigenvalue weighted by atomic mass is 32.2. The van der Waals surface area contributed by atoms with E-state index in [0.29, 0.717) is 13.2 Å². The predicted octanol–water partition coefficient (Wildman–Crippen LogP) is 3.77. The van der Waals surface area contributed by atoms with Gasteiger partial charge in [-0.1, -0.05) is 81.4 Å². The standard InChI is InChI=1S/C25H37NO3SSi/c1-23(2,3)30(27)26-25(7)19-28-18-22(25)29-31(24(4,5)6,20-14-10-8-11-15-20)21-16-12-9-13-17-21/h8-17,22,26H,18-19H2,1-7H3. The van der Waals surface area contributed by atoms with E-state index in [0.717, 1.165) is 0 Å². The molecule has 0 aromatic heterocycles. The number of nitrogens with one attached hydrogen (secondary N) is 1. The van der Waals surface area contributed by atoms with Crippen molar-refractivity contribution in [2.75, 3.05) is 13.2 Å². The Morgan fingerprint density at radius 3 is 1.87 bits per heavy atom. The first kappa shape index (κ1) is 24.3. The Morgan fingerprint density at radius 2 is 1.45 bits per heavy atom. The van der Waals surface area contributed by atoms with Gasteiger partial charge in [0, 0.05) is 0 Å². The molecule has 2 aromatic rings. The van der Waals surface area contributed by atoms with E-state index >= 15 is 0 Å². The number of hydrogen-bond donors (Lipinski definition) is 1. The van der Waals surface area contributed by atoms with Crippen molar-refractivity contribution in [2.45, 2.75) is 69.9 Å². The van der Waals surface area contributed by atoms with Crippen LogP contribution in [0.2, 0.25) is 5.04 Å². The van der Waals surface area contributed by atoms with Gasteiger partial charge in [0.25, 0.3) is 8.32 Å². The van der Waals surface area contributed by atoms with Crippen molar-refractivity contribution in [3.8, 4) is 0 Å². The van der Waals surface area contributed by atoms with Gasteiger partial charge in [-0.05, 0) is 43.1 Å². The lowest BCUT2D eigenvalue weighted by atomic mass is 10.0. The molecule has 0 spiro atoms. The van der Waals surface area contributed by atoms with Crippen LogP contribution in [0.3, 0.4) is 0 Å². The van der Waals surface area contributed by atoms with Crippen LogP contribution in [-0.4, -0.2) is 42.1 Å². The molecule has 1 N–H and O–H groups in total. The maximum atomic E-state index is 13.0. The number of hydrogen-bond acceptors (Lipinski definition) is 3. The number of benzene rings is 2. The lowest BCUT2D eigenvalue weighted by molar-refractivity contribution is 0.123. The molecule has 0 radical (unpaired) electrons. The quantitative estimate of drug-likeness (QED) is 0.669. The Labute approximate surface area is 191 Å². The summed E-state index contributed by atoms with van der Waals surface area (Å²) in [5.74, 6) is 0. The van der Waals surface area contributed by atoms with E-state index in [1.807, 2.05) is 32.9 Å². The second kappa shape index (κ2) is 8.91. The summed E-state index contributed by atoms with van der Waals surface area (Å²) in [6.45, 7) is 15.8. The van der Waals surface area contributed by atoms with Gasteiger partial charge in [-0.15, -0.1) is 0 Å². The van der Waals surface area contributed by atoms with Crippen LogP contribution >= 0.6 is 0 Å². The zero-order valence-corrected chi connectivity index (χ0v) is 21.7. The fourth-order valence-corrected chi connectivity index (χ4v) is 9.87. The molecule has 3 atom stereocenters. The van der Waals surface area contributed by atoms with Crippen LogP contribution in [0.1, 0.15) is 48.5 Å². The molecule has 0 amide bonds. The van der Waals surface area contributed by atoms with Crippen LogP contribution < -0.4 is 15.1 Å². The number of ether oxygens (including phenoxy) is 1. The van der Waals surface area contributed by atoms with E-state index in [1.54, 1.807) is 0 Å². The summed E-state index contributed by atoms with van der Waals surface area (Å²) in [6, 6.07) is 21.2. The van der Waals surface area contributed by atoms with Gasteiger partial charge in [0.05, 0.1) is 40.6 Å². The van der Waals surface area contributed by atoms with Crippen LogP contribution in [-0.2, 0) is 20.1 Å². The molecular weight excluding hydrogens is 422 g/mol. The molecule has 2 aromatic carbocycles. The molecule has 1 aliphatic rings. The third-order valence-corrected chi connectivity index (χ3v) is 12.8. The van der Waals surface area contributed by atoms with Crippen molar-refractivity contribution in [1.82, 2.24) is 4.72 Å². The highest BCUT2D eigenvalue weighted by molar-refractivity contribution is 7.84. The Hall–Kier alpha value is -1.31. The van der Waals surface area contributed by atoms with Gasteiger partial charge in [0.1, 0.15) is 0 Å². The molecule has 0 saturated carbocycles. The fourth-order valence-electron chi connectivity index (χ4n) is 4.18. The third kappa shape index (κ3) is 4.88. The monoisotopic (exact) mass is 459 g/mol. The molecular formula is C25H37NO3SSi. The van der Waals surface area contributed by atoms with Gasteiger partial charge in [-0.3, -0.25) is 0 Å². The first-order valence-electron chi connectivity index (χ1n) is 11.0. The van der Waals surface area contributed by atoms with Crippen molar-refractivity contribution < 1.29 is 13.4 Å². The Bertz CT molecular complexity index is 853. The summed E-state index contributed by atoms with van der Waals surface area (Å²) in [7, 11) is -3.94. The van der Waals surface area contributed by atoms with Crippen molar-refractivity contribution in [1.29, 1.82) is 0 Å². The zero-order chi connectivity index (χ0) is 22.9. The van der Waals surface area contributed by atoms with Crippen molar-refractivity contribution in [2.24, 2.45) is 0 Å². The lowest BCUT2D eigenvalue weighted by Crippen LogP contribution is -2.70. The van der Waals surface area contributed by atoms with Crippen LogP contribution in [0.15, 0.2) is 60.7 Å². The van der Waals surface area contributed by atoms with E-state index in [2.05, 4.69) is 80.9 Å². The lowest BCUT2D eigenvalue weighted by Gasteiger charge is -2.47. The normalized spacial score (nSPS) is 23.6. The predicted molar refractivity (Wildman–Crippen MR) is 133 cm³/mol. The van der Waals surface area contributed by atoms with Gasteiger partial charge in [0.15, 0.2) is 0 Å². The summed E-state index contributed by atoms with van der Waals surface area (Å²) in [5.41, 5.74) is -0.537. The maximum absolute atomic E-state index is 13.0. The maximum Gasteiger partial charge on any atom is 0.261 e. The number of rotatable bonds is 6. The highest BCUT2D eigenvalue weighted by Gasteiger charge is 2.55. The summed E-state index contributed by atoms with van der Waals surface area (Å²) in [4.78, 5) is 0. The molecule has 3 unspecified atom stereocenters. The molecule has 4 nitrogen and oxygen atoms in total. The molecule has 170 valence electrons. The average molecular weight is 460 g/mol. The zero-order valence-electron chi connectivity index (χ0n) is 19.9. The van der Waals surface area contributed by atoms with Crippen LogP contribution in [0.4, 0.5) is 0 Å². The van der Waals surface area contributed by atoms with Gasteiger partial charge in [-0.2, -0.15) is 0 Å². The summed E-state index contributed by atoms with van der Waals surface area (Å²) in [5, 5.41) is 2.35. The summed E-state index contributed by atoms with van der Waals surface area (Å²) >= 11 is 0. The minimum absolute atomic E-state index is 0.123. The first-order chi connectivity index (χ1) is 14.4. The second-order valence-electron chi connectivity index (χ2n) is 10.7. The van der Waals surface area contributed by atoms with Gasteiger partial charge < -0.3 is 9.16 Å². The van der Waals surface area contributed by atoms with Crippen LogP contribution in [0.25, 0.3) is 0 Å². The van der Waals surface area contributed by atoms with Gasteiger partial charge in [-0.25, -0.2) is 8.93 Å². The summed E-state index contributed by atoms with van der Waals surface area (Å²) in [6.07, 6.45) is -0.217. The van der Waals surface area contributed by atoms with Crippen molar-refractivity contribution in [3.63, 3.8) is 0 Å². The van der Waals surface area contributed by atoms with Gasteiger partial charge in [0.2, 0.25) is 0 Å². The van der Waals surface area contributed by atoms with Crippen molar-refractivity contribution >= 4 is 29.7 Å². The Balaban J connectivity index is 2.10. The molecule has 0 bridgehead atoms. The molecule has 3 rings (SSSR count). The molecule has 1 saturated heterocycles. The minimum atomic E-state index is -2.72. The van der Waals surface area contributed by atoms with Crippen LogP contribution in [0, 0.1) is 0 Å². The molecule has 6 heteroatoms. The molecule has 1 fully saturated rings. The minimum Gasteiger partial charge on any atom is -0.400 e. The first-order valence-corrected chi connectivity index (χ1v) is 14.0. The van der Waals surface area contributed by atoms with E-state index in [4.69, 9.17) is 9.16 Å². The van der Waals surface area contributed by atoms with E-state index in [-0.39, 0.29) is 15.9 Å². The third-order valence-electron chi connectivity index (χ3n) is 6.00. The van der Waals surface area contributed by atoms with Crippen LogP contribution in [0.5, 0.6) is 0 Å². The van der Waals surface area contributed by atoms with Gasteiger partial charge >= 0.3 is 0 Å². The van der Waals surface area contributed by atoms with E-state index < -0.39 is 24.8 Å². The smallest absolute Gasteiger partial charge is 0.261 e. The Kier molecular flexibility index (Phi) is 6.99.